The summed E-state index contributed by atoms with van der Waals surface area (Å²) < 4.78 is 61.3. The summed E-state index contributed by atoms with van der Waals surface area (Å²) in [6, 6.07) is 4.25. The first-order valence-electron chi connectivity index (χ1n) is 4.11. The van der Waals surface area contributed by atoms with Gasteiger partial charge in [0.2, 0.25) is 10.0 Å². The van der Waals surface area contributed by atoms with Gasteiger partial charge in [0.1, 0.15) is 0 Å². The molecule has 16 heavy (non-hydrogen) atoms. The van der Waals surface area contributed by atoms with E-state index in [1.165, 1.54) is 12.1 Å². The summed E-state index contributed by atoms with van der Waals surface area (Å²) in [6.45, 7) is 0. The molecular formula is C9H8F3NO2S. The predicted octanol–water partition coefficient (Wildman–Crippen LogP) is 2.08. The lowest BCUT2D eigenvalue weighted by Crippen LogP contribution is -2.05. The Morgan fingerprint density at radius 2 is 1.94 bits per heavy atom. The molecule has 1 aromatic carbocycles. The zero-order chi connectivity index (χ0) is 12.4. The van der Waals surface area contributed by atoms with Crippen molar-refractivity contribution in [1.82, 2.24) is 0 Å². The molecule has 7 heteroatoms. The van der Waals surface area contributed by atoms with Crippen molar-refractivity contribution < 1.29 is 21.6 Å². The largest absolute Gasteiger partial charge is 0.416 e. The van der Waals surface area contributed by atoms with E-state index in [9.17, 15) is 21.6 Å². The van der Waals surface area contributed by atoms with Gasteiger partial charge >= 0.3 is 6.18 Å². The molecule has 0 atom stereocenters. The van der Waals surface area contributed by atoms with Crippen LogP contribution < -0.4 is 0 Å². The van der Waals surface area contributed by atoms with Gasteiger partial charge in [-0.25, -0.2) is 8.42 Å². The molecule has 0 aromatic heterocycles. The predicted molar refractivity (Wildman–Crippen MR) is 53.9 cm³/mol. The van der Waals surface area contributed by atoms with Crippen LogP contribution in [-0.4, -0.2) is 20.9 Å². The van der Waals surface area contributed by atoms with Gasteiger partial charge in [-0.3, -0.25) is 0 Å². The van der Waals surface area contributed by atoms with Crippen molar-refractivity contribution >= 4 is 16.2 Å². The van der Waals surface area contributed by atoms with Crippen LogP contribution in [0.25, 0.3) is 0 Å². The summed E-state index contributed by atoms with van der Waals surface area (Å²) in [5.74, 6) is 0. The number of alkyl halides is 3. The lowest BCUT2D eigenvalue weighted by atomic mass is 10.1. The first kappa shape index (κ1) is 12.7. The highest BCUT2D eigenvalue weighted by atomic mass is 32.2. The zero-order valence-corrected chi connectivity index (χ0v) is 9.01. The fourth-order valence-electron chi connectivity index (χ4n) is 0.952. The van der Waals surface area contributed by atoms with E-state index >= 15 is 0 Å². The molecule has 88 valence electrons. The summed E-state index contributed by atoms with van der Waals surface area (Å²) >= 11 is 0. The number of hydrogen-bond acceptors (Lipinski definition) is 2. The summed E-state index contributed by atoms with van der Waals surface area (Å²) in [5.41, 5.74) is -0.759. The molecule has 0 spiro atoms. The van der Waals surface area contributed by atoms with Crippen LogP contribution in [0.1, 0.15) is 11.1 Å². The average Bonchev–Trinajstić information content (AvgIpc) is 2.13. The van der Waals surface area contributed by atoms with Gasteiger partial charge < -0.3 is 0 Å². The van der Waals surface area contributed by atoms with E-state index in [0.717, 1.165) is 24.6 Å². The van der Waals surface area contributed by atoms with Gasteiger partial charge in [-0.05, 0) is 17.7 Å². The zero-order valence-electron chi connectivity index (χ0n) is 8.19. The highest BCUT2D eigenvalue weighted by Gasteiger charge is 2.30. The number of sulfonamides is 1. The second kappa shape index (κ2) is 4.25. The maximum atomic E-state index is 12.3. The van der Waals surface area contributed by atoms with Gasteiger partial charge in [0.05, 0.1) is 11.8 Å². The van der Waals surface area contributed by atoms with Crippen LogP contribution >= 0.6 is 0 Å². The van der Waals surface area contributed by atoms with Gasteiger partial charge in [-0.1, -0.05) is 12.1 Å². The van der Waals surface area contributed by atoms with Gasteiger partial charge in [-0.15, -0.1) is 0 Å². The normalized spacial score (nSPS) is 13.2. The van der Waals surface area contributed by atoms with Gasteiger partial charge in [-0.2, -0.15) is 17.6 Å². The molecule has 0 radical (unpaired) electrons. The molecule has 0 N–H and O–H groups in total. The van der Waals surface area contributed by atoms with Crippen molar-refractivity contribution in [3.05, 3.63) is 35.4 Å². The van der Waals surface area contributed by atoms with Crippen molar-refractivity contribution in [2.45, 2.75) is 6.18 Å². The molecule has 0 aliphatic rings. The molecule has 0 heterocycles. The standard InChI is InChI=1S/C9H8F3NO2S/c1-16(14,15)13-6-7-3-2-4-8(5-7)9(10,11)12/h2-6H,1H3/b13-6+. The van der Waals surface area contributed by atoms with Crippen LogP contribution in [0, 0.1) is 0 Å². The van der Waals surface area contributed by atoms with Crippen molar-refractivity contribution in [3.63, 3.8) is 0 Å². The quantitative estimate of drug-likeness (QED) is 0.755. The second-order valence-corrected chi connectivity index (χ2v) is 4.77. The van der Waals surface area contributed by atoms with Crippen molar-refractivity contribution in [2.24, 2.45) is 4.40 Å². The number of nitrogens with zero attached hydrogens (tertiary/aromatic N) is 1. The minimum absolute atomic E-state index is 0.0836. The monoisotopic (exact) mass is 251 g/mol. The Morgan fingerprint density at radius 3 is 2.44 bits per heavy atom. The molecule has 1 rings (SSSR count). The lowest BCUT2D eigenvalue weighted by Gasteiger charge is -2.06. The van der Waals surface area contributed by atoms with Crippen LogP contribution in [0.15, 0.2) is 28.7 Å². The molecule has 0 fully saturated rings. The van der Waals surface area contributed by atoms with E-state index in [2.05, 4.69) is 4.40 Å². The van der Waals surface area contributed by atoms with Crippen LogP contribution in [0.5, 0.6) is 0 Å². The van der Waals surface area contributed by atoms with Gasteiger partial charge in [0.15, 0.2) is 0 Å². The highest BCUT2D eigenvalue weighted by molar-refractivity contribution is 7.89. The Kier molecular flexibility index (Phi) is 3.37. The third-order valence-corrected chi connectivity index (χ3v) is 2.10. The highest BCUT2D eigenvalue weighted by Crippen LogP contribution is 2.29. The van der Waals surface area contributed by atoms with Crippen molar-refractivity contribution in [3.8, 4) is 0 Å². The number of rotatable bonds is 2. The number of benzene rings is 1. The number of hydrogen-bond donors (Lipinski definition) is 0. The molecule has 0 unspecified atom stereocenters. The van der Waals surface area contributed by atoms with Crippen LogP contribution in [-0.2, 0) is 16.2 Å². The molecule has 0 saturated carbocycles. The van der Waals surface area contributed by atoms with Gasteiger partial charge in [0.25, 0.3) is 0 Å². The SMILES string of the molecule is CS(=O)(=O)/N=C/c1cccc(C(F)(F)F)c1. The summed E-state index contributed by atoms with van der Waals surface area (Å²) in [6.07, 6.45) is -2.71. The van der Waals surface area contributed by atoms with E-state index in [1.807, 2.05) is 0 Å². The second-order valence-electron chi connectivity index (χ2n) is 3.09. The fraction of sp³-hybridized carbons (Fsp3) is 0.222. The summed E-state index contributed by atoms with van der Waals surface area (Å²) in [7, 11) is -3.58. The Bertz CT molecular complexity index is 506. The third kappa shape index (κ3) is 4.01. The first-order valence-corrected chi connectivity index (χ1v) is 5.96. The maximum absolute atomic E-state index is 12.3. The Labute approximate surface area is 90.7 Å². The third-order valence-electron chi connectivity index (χ3n) is 1.61. The Hall–Kier alpha value is -1.37. The molecule has 1 aromatic rings. The van der Waals surface area contributed by atoms with Crippen molar-refractivity contribution in [1.29, 1.82) is 0 Å². The summed E-state index contributed by atoms with van der Waals surface area (Å²) in [4.78, 5) is 0. The smallest absolute Gasteiger partial charge is 0.205 e. The van der Waals surface area contributed by atoms with E-state index in [0.29, 0.717) is 0 Å². The van der Waals surface area contributed by atoms with Crippen LogP contribution in [0.3, 0.4) is 0 Å². The van der Waals surface area contributed by atoms with E-state index in [-0.39, 0.29) is 5.56 Å². The van der Waals surface area contributed by atoms with E-state index in [4.69, 9.17) is 0 Å². The van der Waals surface area contributed by atoms with E-state index in [1.54, 1.807) is 0 Å². The van der Waals surface area contributed by atoms with Crippen LogP contribution in [0.4, 0.5) is 13.2 Å². The first-order chi connectivity index (χ1) is 7.18. The average molecular weight is 251 g/mol. The molecular weight excluding hydrogens is 243 g/mol. The lowest BCUT2D eigenvalue weighted by molar-refractivity contribution is -0.137. The van der Waals surface area contributed by atoms with Crippen LogP contribution in [0.2, 0.25) is 0 Å². The Balaban J connectivity index is 3.05. The molecule has 0 bridgehead atoms. The molecule has 3 nitrogen and oxygen atoms in total. The summed E-state index contributed by atoms with van der Waals surface area (Å²) in [5, 5.41) is 0. The topological polar surface area (TPSA) is 46.5 Å². The Morgan fingerprint density at radius 1 is 1.31 bits per heavy atom. The number of halogens is 3. The van der Waals surface area contributed by atoms with Gasteiger partial charge in [0, 0.05) is 6.21 Å². The maximum Gasteiger partial charge on any atom is 0.416 e. The fourth-order valence-corrected chi connectivity index (χ4v) is 1.27. The minimum atomic E-state index is -4.45. The van der Waals surface area contributed by atoms with Crippen molar-refractivity contribution in [2.75, 3.05) is 6.26 Å². The van der Waals surface area contributed by atoms with E-state index < -0.39 is 21.8 Å². The molecule has 0 saturated heterocycles. The molecule has 0 amide bonds. The minimum Gasteiger partial charge on any atom is -0.205 e. The molecule has 0 aliphatic carbocycles. The molecule has 0 aliphatic heterocycles.